The smallest absolute Gasteiger partial charge is 0.321 e. The lowest BCUT2D eigenvalue weighted by atomic mass is 10.0. The fraction of sp³-hybridized carbons (Fsp3) is 0.273. The van der Waals surface area contributed by atoms with Gasteiger partial charge in [0.15, 0.2) is 0 Å². The van der Waals surface area contributed by atoms with Gasteiger partial charge in [-0.1, -0.05) is 6.07 Å². The first-order valence-electron chi connectivity index (χ1n) is 5.50. The van der Waals surface area contributed by atoms with Gasteiger partial charge in [-0.25, -0.2) is 4.79 Å². The molecule has 2 amide bonds. The van der Waals surface area contributed by atoms with Crippen LogP contribution in [0.4, 0.5) is 16.2 Å². The average Bonchev–Trinajstić information content (AvgIpc) is 2.26. The molecule has 2 N–H and O–H groups in total. The van der Waals surface area contributed by atoms with Gasteiger partial charge in [-0.05, 0) is 6.07 Å². The Hall–Kier alpha value is -2.64. The number of hydrogen-bond donors (Lipinski definition) is 2. The number of likely N-dealkylation sites (tertiary alicyclic amines) is 1. The number of rotatable bonds is 3. The molecule has 8 nitrogen and oxygen atoms in total. The highest BCUT2D eigenvalue weighted by atomic mass is 16.6. The van der Waals surface area contributed by atoms with Gasteiger partial charge < -0.3 is 15.3 Å². The van der Waals surface area contributed by atoms with E-state index in [-0.39, 0.29) is 18.8 Å². The number of nitro benzene ring substituents is 1. The van der Waals surface area contributed by atoms with Crippen LogP contribution in [0.25, 0.3) is 0 Å². The van der Waals surface area contributed by atoms with Crippen LogP contribution in [-0.4, -0.2) is 40.0 Å². The quantitative estimate of drug-likeness (QED) is 0.628. The molecule has 1 heterocycles. The molecule has 100 valence electrons. The number of nitrogens with one attached hydrogen (secondary N) is 1. The van der Waals surface area contributed by atoms with Crippen molar-refractivity contribution < 1.29 is 19.6 Å². The second-order valence-electron chi connectivity index (χ2n) is 4.18. The number of amides is 2. The van der Waals surface area contributed by atoms with Gasteiger partial charge >= 0.3 is 12.0 Å². The van der Waals surface area contributed by atoms with E-state index in [1.165, 1.54) is 29.2 Å². The molecule has 0 bridgehead atoms. The van der Waals surface area contributed by atoms with Gasteiger partial charge in [-0.15, -0.1) is 0 Å². The van der Waals surface area contributed by atoms with Crippen LogP contribution in [0, 0.1) is 16.0 Å². The van der Waals surface area contributed by atoms with Gasteiger partial charge in [0.2, 0.25) is 0 Å². The van der Waals surface area contributed by atoms with E-state index < -0.39 is 22.8 Å². The molecule has 1 aliphatic rings. The number of carbonyl (C=O) groups is 2. The van der Waals surface area contributed by atoms with Crippen molar-refractivity contribution in [1.29, 1.82) is 0 Å². The molecule has 1 aromatic carbocycles. The van der Waals surface area contributed by atoms with Crippen molar-refractivity contribution in [2.75, 3.05) is 18.4 Å². The van der Waals surface area contributed by atoms with E-state index in [9.17, 15) is 19.7 Å². The molecule has 0 aliphatic carbocycles. The van der Waals surface area contributed by atoms with Crippen molar-refractivity contribution in [3.63, 3.8) is 0 Å². The fourth-order valence-corrected chi connectivity index (χ4v) is 1.70. The Morgan fingerprint density at radius 3 is 2.68 bits per heavy atom. The Morgan fingerprint density at radius 1 is 1.42 bits per heavy atom. The maximum Gasteiger partial charge on any atom is 0.321 e. The minimum atomic E-state index is -0.931. The number of benzene rings is 1. The number of carboxylic acids is 1. The number of nitro groups is 1. The van der Waals surface area contributed by atoms with E-state index in [0.29, 0.717) is 5.69 Å². The standard InChI is InChI=1S/C11H11N3O5/c15-10(16)7-5-13(6-7)11(17)12-8-2-1-3-9(4-8)14(18)19/h1-4,7H,5-6H2,(H,12,17)(H,15,16). The van der Waals surface area contributed by atoms with Gasteiger partial charge in [-0.3, -0.25) is 14.9 Å². The lowest BCUT2D eigenvalue weighted by Gasteiger charge is -2.36. The second-order valence-corrected chi connectivity index (χ2v) is 4.18. The minimum Gasteiger partial charge on any atom is -0.481 e. The van der Waals surface area contributed by atoms with E-state index in [2.05, 4.69) is 5.32 Å². The molecule has 1 saturated heterocycles. The number of urea groups is 1. The molecule has 1 aromatic rings. The second kappa shape index (κ2) is 4.92. The predicted molar refractivity (Wildman–Crippen MR) is 64.8 cm³/mol. The summed E-state index contributed by atoms with van der Waals surface area (Å²) in [4.78, 5) is 33.6. The third kappa shape index (κ3) is 2.79. The molecule has 0 unspecified atom stereocenters. The first-order chi connectivity index (χ1) is 8.97. The maximum absolute atomic E-state index is 11.7. The van der Waals surface area contributed by atoms with Crippen molar-refractivity contribution >= 4 is 23.4 Å². The lowest BCUT2D eigenvalue weighted by Crippen LogP contribution is -2.54. The van der Waals surface area contributed by atoms with Crippen LogP contribution in [0.1, 0.15) is 0 Å². The number of hydrogen-bond acceptors (Lipinski definition) is 4. The van der Waals surface area contributed by atoms with E-state index >= 15 is 0 Å². The summed E-state index contributed by atoms with van der Waals surface area (Å²) < 4.78 is 0. The van der Waals surface area contributed by atoms with Crippen molar-refractivity contribution in [2.45, 2.75) is 0 Å². The van der Waals surface area contributed by atoms with E-state index in [1.807, 2.05) is 0 Å². The van der Waals surface area contributed by atoms with Gasteiger partial charge in [0.05, 0.1) is 10.8 Å². The van der Waals surface area contributed by atoms with Gasteiger partial charge in [0.1, 0.15) is 0 Å². The van der Waals surface area contributed by atoms with Crippen LogP contribution in [0.15, 0.2) is 24.3 Å². The molecule has 8 heteroatoms. The summed E-state index contributed by atoms with van der Waals surface area (Å²) in [6.45, 7) is 0.298. The third-order valence-corrected chi connectivity index (χ3v) is 2.83. The maximum atomic E-state index is 11.7. The monoisotopic (exact) mass is 265 g/mol. The Kier molecular flexibility index (Phi) is 3.32. The van der Waals surface area contributed by atoms with Crippen LogP contribution in [0.3, 0.4) is 0 Å². The lowest BCUT2D eigenvalue weighted by molar-refractivity contribution is -0.384. The van der Waals surface area contributed by atoms with Crippen LogP contribution < -0.4 is 5.32 Å². The summed E-state index contributed by atoms with van der Waals surface area (Å²) in [5.74, 6) is -1.46. The van der Waals surface area contributed by atoms with Crippen molar-refractivity contribution in [2.24, 2.45) is 5.92 Å². The number of anilines is 1. The highest BCUT2D eigenvalue weighted by molar-refractivity contribution is 5.91. The summed E-state index contributed by atoms with van der Waals surface area (Å²) in [5, 5.41) is 21.8. The first-order valence-corrected chi connectivity index (χ1v) is 5.50. The number of nitrogens with zero attached hydrogens (tertiary/aromatic N) is 2. The number of carboxylic acid groups (broad SMARTS) is 1. The van der Waals surface area contributed by atoms with E-state index in [0.717, 1.165) is 0 Å². The topological polar surface area (TPSA) is 113 Å². The minimum absolute atomic E-state index is 0.121. The molecule has 0 aromatic heterocycles. The molecule has 0 radical (unpaired) electrons. The molecule has 2 rings (SSSR count). The van der Waals surface area contributed by atoms with Crippen LogP contribution in [-0.2, 0) is 4.79 Å². The summed E-state index contributed by atoms with van der Waals surface area (Å²) in [5.41, 5.74) is 0.183. The zero-order chi connectivity index (χ0) is 14.0. The highest BCUT2D eigenvalue weighted by Gasteiger charge is 2.35. The summed E-state index contributed by atoms with van der Waals surface area (Å²) in [6.07, 6.45) is 0. The number of aliphatic carboxylic acids is 1. The molecule has 0 atom stereocenters. The molecule has 0 spiro atoms. The Bertz CT molecular complexity index is 539. The van der Waals surface area contributed by atoms with Crippen LogP contribution in [0.2, 0.25) is 0 Å². The number of carbonyl (C=O) groups excluding carboxylic acids is 1. The summed E-state index contributed by atoms with van der Waals surface area (Å²) >= 11 is 0. The molecular weight excluding hydrogens is 254 g/mol. The Balaban J connectivity index is 1.95. The summed E-state index contributed by atoms with van der Waals surface area (Å²) in [7, 11) is 0. The zero-order valence-corrected chi connectivity index (χ0v) is 9.78. The van der Waals surface area contributed by atoms with Crippen LogP contribution in [0.5, 0.6) is 0 Å². The average molecular weight is 265 g/mol. The van der Waals surface area contributed by atoms with Crippen LogP contribution >= 0.6 is 0 Å². The predicted octanol–water partition coefficient (Wildman–Crippen LogP) is 1.14. The largest absolute Gasteiger partial charge is 0.481 e. The van der Waals surface area contributed by atoms with E-state index in [1.54, 1.807) is 0 Å². The Labute approximate surface area is 107 Å². The molecular formula is C11H11N3O5. The molecule has 1 fully saturated rings. The fourth-order valence-electron chi connectivity index (χ4n) is 1.70. The van der Waals surface area contributed by atoms with Gasteiger partial charge in [0.25, 0.3) is 5.69 Å². The van der Waals surface area contributed by atoms with Crippen molar-refractivity contribution in [3.8, 4) is 0 Å². The Morgan fingerprint density at radius 2 is 2.11 bits per heavy atom. The van der Waals surface area contributed by atoms with Gasteiger partial charge in [-0.2, -0.15) is 0 Å². The molecule has 1 aliphatic heterocycles. The molecule has 0 saturated carbocycles. The normalized spacial score (nSPS) is 14.6. The molecule has 19 heavy (non-hydrogen) atoms. The van der Waals surface area contributed by atoms with Crippen molar-refractivity contribution in [3.05, 3.63) is 34.4 Å². The highest BCUT2D eigenvalue weighted by Crippen LogP contribution is 2.20. The van der Waals surface area contributed by atoms with E-state index in [4.69, 9.17) is 5.11 Å². The zero-order valence-electron chi connectivity index (χ0n) is 9.78. The van der Waals surface area contributed by atoms with Crippen molar-refractivity contribution in [1.82, 2.24) is 4.90 Å². The first kappa shape index (κ1) is 12.8. The summed E-state index contributed by atoms with van der Waals surface area (Å²) in [6, 6.07) is 5.09. The SMILES string of the molecule is O=C(O)C1CN(C(=O)Nc2cccc([N+](=O)[O-])c2)C1. The van der Waals surface area contributed by atoms with Gasteiger partial charge in [0, 0.05) is 30.9 Å². The third-order valence-electron chi connectivity index (χ3n) is 2.83. The number of non-ortho nitro benzene ring substituents is 1.